The average Bonchev–Trinajstić information content (AvgIpc) is 2.28. The van der Waals surface area contributed by atoms with Gasteiger partial charge in [-0.05, 0) is 37.0 Å². The van der Waals surface area contributed by atoms with Crippen molar-refractivity contribution in [1.29, 1.82) is 0 Å². The summed E-state index contributed by atoms with van der Waals surface area (Å²) in [6.07, 6.45) is 3.26. The second-order valence-electron chi connectivity index (χ2n) is 3.57. The van der Waals surface area contributed by atoms with Crippen molar-refractivity contribution in [2.24, 2.45) is 0 Å². The summed E-state index contributed by atoms with van der Waals surface area (Å²) < 4.78 is 5.29. The molecule has 0 heterocycles. The van der Waals surface area contributed by atoms with Gasteiger partial charge in [-0.1, -0.05) is 11.6 Å². The van der Waals surface area contributed by atoms with Gasteiger partial charge in [0.1, 0.15) is 5.75 Å². The second kappa shape index (κ2) is 6.92. The third-order valence-corrected chi connectivity index (χ3v) is 3.43. The van der Waals surface area contributed by atoms with Crippen LogP contribution in [0.1, 0.15) is 12.0 Å². The largest absolute Gasteiger partial charge is 0.495 e. The lowest BCUT2D eigenvalue weighted by Crippen LogP contribution is -2.04. The fourth-order valence-corrected chi connectivity index (χ4v) is 2.00. The number of anilines is 1. The van der Waals surface area contributed by atoms with Gasteiger partial charge in [0.15, 0.2) is 0 Å². The fraction of sp³-hybridized carbons (Fsp3) is 0.500. The topological polar surface area (TPSA) is 21.3 Å². The summed E-state index contributed by atoms with van der Waals surface area (Å²) in [6.45, 7) is 2.95. The molecule has 0 radical (unpaired) electrons. The summed E-state index contributed by atoms with van der Waals surface area (Å²) in [4.78, 5) is 0. The van der Waals surface area contributed by atoms with Gasteiger partial charge in [-0.15, -0.1) is 0 Å². The molecule has 90 valence electrons. The number of nitrogens with one attached hydrogen (secondary N) is 1. The van der Waals surface area contributed by atoms with E-state index in [0.717, 1.165) is 35.0 Å². The molecule has 4 heteroatoms. The summed E-state index contributed by atoms with van der Waals surface area (Å²) in [5.41, 5.74) is 2.08. The minimum absolute atomic E-state index is 0.742. The average molecular weight is 260 g/mol. The molecule has 0 aliphatic carbocycles. The number of rotatable bonds is 6. The first-order chi connectivity index (χ1) is 7.69. The molecule has 0 spiro atoms. The van der Waals surface area contributed by atoms with Crippen LogP contribution in [-0.2, 0) is 0 Å². The number of thioether (sulfide) groups is 1. The quantitative estimate of drug-likeness (QED) is 0.785. The van der Waals surface area contributed by atoms with Gasteiger partial charge in [0, 0.05) is 17.6 Å². The van der Waals surface area contributed by atoms with Crippen molar-refractivity contribution in [3.05, 3.63) is 22.7 Å². The number of benzene rings is 1. The zero-order valence-corrected chi connectivity index (χ0v) is 11.5. The molecular formula is C12H18ClNOS. The molecule has 1 N–H and O–H groups in total. The van der Waals surface area contributed by atoms with Crippen LogP contribution in [0.2, 0.25) is 5.02 Å². The number of halogens is 1. The predicted octanol–water partition coefficient (Wildman–Crippen LogP) is 3.82. The van der Waals surface area contributed by atoms with Crippen LogP contribution in [0, 0.1) is 6.92 Å². The SMILES string of the molecule is COc1cc(Cl)c(C)cc1NCCCSC. The minimum atomic E-state index is 0.742. The molecule has 0 unspecified atom stereocenters. The van der Waals surface area contributed by atoms with Crippen molar-refractivity contribution in [2.75, 3.05) is 31.0 Å². The smallest absolute Gasteiger partial charge is 0.143 e. The maximum atomic E-state index is 6.04. The molecule has 1 aromatic rings. The van der Waals surface area contributed by atoms with E-state index in [4.69, 9.17) is 16.3 Å². The highest BCUT2D eigenvalue weighted by Crippen LogP contribution is 2.30. The van der Waals surface area contributed by atoms with Gasteiger partial charge >= 0.3 is 0 Å². The molecule has 0 aliphatic heterocycles. The van der Waals surface area contributed by atoms with Crippen molar-refractivity contribution in [1.82, 2.24) is 0 Å². The first-order valence-corrected chi connectivity index (χ1v) is 7.03. The van der Waals surface area contributed by atoms with Crippen LogP contribution in [0.25, 0.3) is 0 Å². The molecule has 1 rings (SSSR count). The Morgan fingerprint density at radius 2 is 2.19 bits per heavy atom. The second-order valence-corrected chi connectivity index (χ2v) is 4.97. The van der Waals surface area contributed by atoms with Gasteiger partial charge in [-0.3, -0.25) is 0 Å². The molecule has 0 fully saturated rings. The van der Waals surface area contributed by atoms with E-state index in [1.165, 1.54) is 5.75 Å². The Morgan fingerprint density at radius 1 is 1.44 bits per heavy atom. The Balaban J connectivity index is 2.66. The zero-order valence-electron chi connectivity index (χ0n) is 9.97. The highest BCUT2D eigenvalue weighted by Gasteiger charge is 2.05. The van der Waals surface area contributed by atoms with Gasteiger partial charge in [0.25, 0.3) is 0 Å². The van der Waals surface area contributed by atoms with Crippen LogP contribution >= 0.6 is 23.4 Å². The zero-order chi connectivity index (χ0) is 12.0. The van der Waals surface area contributed by atoms with Gasteiger partial charge in [0.2, 0.25) is 0 Å². The first-order valence-electron chi connectivity index (χ1n) is 5.26. The Labute approximate surface area is 107 Å². The van der Waals surface area contributed by atoms with Crippen molar-refractivity contribution in [3.63, 3.8) is 0 Å². The van der Waals surface area contributed by atoms with E-state index in [0.29, 0.717) is 0 Å². The maximum Gasteiger partial charge on any atom is 0.143 e. The minimum Gasteiger partial charge on any atom is -0.495 e. The molecule has 0 bridgehead atoms. The lowest BCUT2D eigenvalue weighted by atomic mass is 10.2. The van der Waals surface area contributed by atoms with Gasteiger partial charge < -0.3 is 10.1 Å². The number of ether oxygens (including phenoxy) is 1. The number of methoxy groups -OCH3 is 1. The molecule has 16 heavy (non-hydrogen) atoms. The molecular weight excluding hydrogens is 242 g/mol. The Bertz CT molecular complexity index is 344. The van der Waals surface area contributed by atoms with Gasteiger partial charge in [0.05, 0.1) is 12.8 Å². The molecule has 0 aromatic heterocycles. The summed E-state index contributed by atoms with van der Waals surface area (Å²) in [5, 5.41) is 4.11. The van der Waals surface area contributed by atoms with E-state index in [2.05, 4.69) is 11.6 Å². The summed E-state index contributed by atoms with van der Waals surface area (Å²) in [6, 6.07) is 3.88. The normalized spacial score (nSPS) is 10.2. The van der Waals surface area contributed by atoms with Gasteiger partial charge in [-0.2, -0.15) is 11.8 Å². The molecule has 0 saturated carbocycles. The fourth-order valence-electron chi connectivity index (χ4n) is 1.41. The lowest BCUT2D eigenvalue weighted by molar-refractivity contribution is 0.416. The van der Waals surface area contributed by atoms with E-state index >= 15 is 0 Å². The number of aryl methyl sites for hydroxylation is 1. The van der Waals surface area contributed by atoms with Crippen LogP contribution in [0.3, 0.4) is 0 Å². The standard InChI is InChI=1S/C12H18ClNOS/c1-9-7-11(14-5-4-6-16-3)12(15-2)8-10(9)13/h7-8,14H,4-6H2,1-3H3. The van der Waals surface area contributed by atoms with Crippen LogP contribution in [0.5, 0.6) is 5.75 Å². The summed E-state index contributed by atoms with van der Waals surface area (Å²) in [7, 11) is 1.66. The summed E-state index contributed by atoms with van der Waals surface area (Å²) >= 11 is 7.90. The van der Waals surface area contributed by atoms with E-state index in [1.807, 2.05) is 30.8 Å². The van der Waals surface area contributed by atoms with Crippen LogP contribution in [-0.4, -0.2) is 25.7 Å². The molecule has 0 atom stereocenters. The summed E-state index contributed by atoms with van der Waals surface area (Å²) in [5.74, 6) is 1.97. The number of hydrogen-bond donors (Lipinski definition) is 1. The molecule has 0 aliphatic rings. The third-order valence-electron chi connectivity index (χ3n) is 2.32. The molecule has 2 nitrogen and oxygen atoms in total. The molecule has 0 saturated heterocycles. The maximum absolute atomic E-state index is 6.04. The highest BCUT2D eigenvalue weighted by atomic mass is 35.5. The monoisotopic (exact) mass is 259 g/mol. The van der Waals surface area contributed by atoms with Crippen LogP contribution < -0.4 is 10.1 Å². The lowest BCUT2D eigenvalue weighted by Gasteiger charge is -2.12. The van der Waals surface area contributed by atoms with E-state index in [-0.39, 0.29) is 0 Å². The van der Waals surface area contributed by atoms with Crippen molar-refractivity contribution in [2.45, 2.75) is 13.3 Å². The Hall–Kier alpha value is -0.540. The van der Waals surface area contributed by atoms with Crippen LogP contribution in [0.15, 0.2) is 12.1 Å². The molecule has 1 aromatic carbocycles. The highest BCUT2D eigenvalue weighted by molar-refractivity contribution is 7.98. The predicted molar refractivity (Wildman–Crippen MR) is 74.2 cm³/mol. The van der Waals surface area contributed by atoms with Crippen molar-refractivity contribution < 1.29 is 4.74 Å². The Kier molecular flexibility index (Phi) is 5.85. The van der Waals surface area contributed by atoms with E-state index in [9.17, 15) is 0 Å². The van der Waals surface area contributed by atoms with Gasteiger partial charge in [-0.25, -0.2) is 0 Å². The Morgan fingerprint density at radius 3 is 2.81 bits per heavy atom. The van der Waals surface area contributed by atoms with Crippen molar-refractivity contribution in [3.8, 4) is 5.75 Å². The van der Waals surface area contributed by atoms with Crippen molar-refractivity contribution >= 4 is 29.1 Å². The third kappa shape index (κ3) is 3.80. The molecule has 0 amide bonds. The van der Waals surface area contributed by atoms with E-state index in [1.54, 1.807) is 7.11 Å². The first kappa shape index (κ1) is 13.5. The van der Waals surface area contributed by atoms with E-state index < -0.39 is 0 Å². The van der Waals surface area contributed by atoms with Crippen LogP contribution in [0.4, 0.5) is 5.69 Å². The number of hydrogen-bond acceptors (Lipinski definition) is 3.